The number of hydrogen-bond acceptors (Lipinski definition) is 8. The molecule has 2 aromatic rings. The lowest BCUT2D eigenvalue weighted by Gasteiger charge is -2.29. The molecule has 1 saturated heterocycles. The van der Waals surface area contributed by atoms with E-state index in [0.29, 0.717) is 32.5 Å². The van der Waals surface area contributed by atoms with E-state index in [0.717, 1.165) is 6.41 Å². The molecular formula is C17H17F3N8O. The van der Waals surface area contributed by atoms with Gasteiger partial charge in [-0.05, 0) is 18.8 Å². The van der Waals surface area contributed by atoms with Crippen LogP contribution in [0.1, 0.15) is 24.2 Å². The predicted octanol–water partition coefficient (Wildman–Crippen LogP) is 2.18. The molecule has 3 heterocycles. The summed E-state index contributed by atoms with van der Waals surface area (Å²) in [4.78, 5) is 20.2. The highest BCUT2D eigenvalue weighted by Gasteiger charge is 2.36. The number of amides is 1. The number of anilines is 3. The number of halogens is 3. The largest absolute Gasteiger partial charge is 0.437 e. The van der Waals surface area contributed by atoms with Crippen molar-refractivity contribution < 1.29 is 18.0 Å². The smallest absolute Gasteiger partial charge is 0.383 e. The highest BCUT2D eigenvalue weighted by Crippen LogP contribution is 2.34. The predicted molar refractivity (Wildman–Crippen MR) is 95.9 cm³/mol. The van der Waals surface area contributed by atoms with Crippen LogP contribution in [0.5, 0.6) is 0 Å². The summed E-state index contributed by atoms with van der Waals surface area (Å²) in [5.41, 5.74) is -1.20. The van der Waals surface area contributed by atoms with Crippen molar-refractivity contribution in [3.05, 3.63) is 29.8 Å². The van der Waals surface area contributed by atoms with Gasteiger partial charge in [-0.3, -0.25) is 4.79 Å². The van der Waals surface area contributed by atoms with Crippen LogP contribution < -0.4 is 10.6 Å². The number of aromatic nitrogens is 4. The molecular weight excluding hydrogens is 389 g/mol. The van der Waals surface area contributed by atoms with Crippen LogP contribution in [-0.4, -0.2) is 51.1 Å². The van der Waals surface area contributed by atoms with E-state index in [1.165, 1.54) is 18.5 Å². The van der Waals surface area contributed by atoms with Crippen LogP contribution in [0.4, 0.5) is 30.5 Å². The van der Waals surface area contributed by atoms with Crippen molar-refractivity contribution in [3.63, 3.8) is 0 Å². The first-order chi connectivity index (χ1) is 13.9. The topological polar surface area (TPSA) is 120 Å². The fraction of sp³-hybridized carbons (Fsp3) is 0.412. The molecule has 0 atom stereocenters. The molecule has 1 aliphatic rings. The third kappa shape index (κ3) is 5.28. The van der Waals surface area contributed by atoms with Gasteiger partial charge in [0.05, 0.1) is 18.1 Å². The van der Waals surface area contributed by atoms with E-state index in [1.807, 2.05) is 6.07 Å². The summed E-state index contributed by atoms with van der Waals surface area (Å²) < 4.78 is 39.9. The molecule has 2 N–H and O–H groups in total. The van der Waals surface area contributed by atoms with Gasteiger partial charge in [-0.1, -0.05) is 0 Å². The van der Waals surface area contributed by atoms with Crippen molar-refractivity contribution in [3.8, 4) is 6.07 Å². The van der Waals surface area contributed by atoms with Gasteiger partial charge in [0.25, 0.3) is 0 Å². The van der Waals surface area contributed by atoms with Crippen LogP contribution in [0.25, 0.3) is 0 Å². The molecule has 2 aromatic heterocycles. The lowest BCUT2D eigenvalue weighted by Crippen LogP contribution is -2.35. The lowest BCUT2D eigenvalue weighted by molar-refractivity contribution is -0.141. The molecule has 1 amide bonds. The summed E-state index contributed by atoms with van der Waals surface area (Å²) >= 11 is 0. The third-order valence-electron chi connectivity index (χ3n) is 4.46. The SMILES string of the molecule is N#Cc1cnc(Nc2cc(NCC3CCN(C=O)CC3)c(C(F)(F)F)nn2)cn1. The number of nitrogens with zero attached hydrogens (tertiary/aromatic N) is 6. The van der Waals surface area contributed by atoms with E-state index < -0.39 is 11.9 Å². The van der Waals surface area contributed by atoms with Gasteiger partial charge >= 0.3 is 6.18 Å². The molecule has 0 aromatic carbocycles. The molecule has 0 aliphatic carbocycles. The molecule has 0 radical (unpaired) electrons. The Bertz CT molecular complexity index is 889. The average molecular weight is 406 g/mol. The fourth-order valence-electron chi connectivity index (χ4n) is 2.90. The van der Waals surface area contributed by atoms with Gasteiger partial charge < -0.3 is 15.5 Å². The Hall–Kier alpha value is -3.49. The molecule has 1 aliphatic heterocycles. The zero-order valence-corrected chi connectivity index (χ0v) is 15.1. The van der Waals surface area contributed by atoms with Crippen molar-refractivity contribution in [1.29, 1.82) is 5.26 Å². The Balaban J connectivity index is 1.73. The van der Waals surface area contributed by atoms with E-state index in [4.69, 9.17) is 5.26 Å². The zero-order valence-electron chi connectivity index (χ0n) is 15.1. The standard InChI is InChI=1S/C17H17F3N8O/c18-17(19,20)16-13(23-7-11-1-3-28(10-29)4-2-11)5-14(26-27-16)25-15-9-22-12(6-21)8-24-15/h5,8-11H,1-4,7H2,(H2,23,24,25,26). The first kappa shape index (κ1) is 20.2. The Kier molecular flexibility index (Phi) is 6.06. The Morgan fingerprint density at radius 1 is 1.21 bits per heavy atom. The number of carbonyl (C=O) groups excluding carboxylic acids is 1. The van der Waals surface area contributed by atoms with Crippen LogP contribution in [0.15, 0.2) is 18.5 Å². The number of alkyl halides is 3. The van der Waals surface area contributed by atoms with Crippen molar-refractivity contribution in [2.75, 3.05) is 30.3 Å². The minimum atomic E-state index is -4.66. The normalized spacial score (nSPS) is 14.9. The van der Waals surface area contributed by atoms with Gasteiger partial charge in [-0.15, -0.1) is 10.2 Å². The molecule has 0 spiro atoms. The summed E-state index contributed by atoms with van der Waals surface area (Å²) in [7, 11) is 0. The van der Waals surface area contributed by atoms with Crippen molar-refractivity contribution in [2.45, 2.75) is 19.0 Å². The van der Waals surface area contributed by atoms with E-state index in [1.54, 1.807) is 4.90 Å². The second-order valence-electron chi connectivity index (χ2n) is 6.48. The number of piperidine rings is 1. The van der Waals surface area contributed by atoms with Crippen LogP contribution in [-0.2, 0) is 11.0 Å². The first-order valence-corrected chi connectivity index (χ1v) is 8.76. The second kappa shape index (κ2) is 8.68. The van der Waals surface area contributed by atoms with Crippen molar-refractivity contribution in [2.24, 2.45) is 5.92 Å². The van der Waals surface area contributed by atoms with E-state index >= 15 is 0 Å². The van der Waals surface area contributed by atoms with Crippen LogP contribution in [0.2, 0.25) is 0 Å². The minimum Gasteiger partial charge on any atom is -0.383 e. The van der Waals surface area contributed by atoms with Crippen LogP contribution >= 0.6 is 0 Å². The maximum atomic E-state index is 13.3. The highest BCUT2D eigenvalue weighted by atomic mass is 19.4. The van der Waals surface area contributed by atoms with Crippen molar-refractivity contribution in [1.82, 2.24) is 25.1 Å². The molecule has 152 valence electrons. The molecule has 12 heteroatoms. The number of nitriles is 1. The molecule has 0 unspecified atom stereocenters. The molecule has 1 fully saturated rings. The summed E-state index contributed by atoms with van der Waals surface area (Å²) in [5.74, 6) is 0.404. The van der Waals surface area contributed by atoms with Crippen LogP contribution in [0, 0.1) is 17.2 Å². The summed E-state index contributed by atoms with van der Waals surface area (Å²) in [6, 6.07) is 3.02. The van der Waals surface area contributed by atoms with Gasteiger partial charge in [-0.2, -0.15) is 18.4 Å². The summed E-state index contributed by atoms with van der Waals surface area (Å²) in [6.45, 7) is 1.49. The molecule has 0 bridgehead atoms. The van der Waals surface area contributed by atoms with Gasteiger partial charge in [0.2, 0.25) is 6.41 Å². The highest BCUT2D eigenvalue weighted by molar-refractivity contribution is 5.60. The summed E-state index contributed by atoms with van der Waals surface area (Å²) in [5, 5.41) is 21.1. The number of rotatable bonds is 6. The molecule has 29 heavy (non-hydrogen) atoms. The fourth-order valence-corrected chi connectivity index (χ4v) is 2.90. The number of carbonyl (C=O) groups is 1. The second-order valence-corrected chi connectivity index (χ2v) is 6.48. The third-order valence-corrected chi connectivity index (χ3v) is 4.46. The molecule has 3 rings (SSSR count). The van der Waals surface area contributed by atoms with Gasteiger partial charge in [0, 0.05) is 25.7 Å². The molecule has 0 saturated carbocycles. The Labute approximate surface area is 164 Å². The number of nitrogens with one attached hydrogen (secondary N) is 2. The quantitative estimate of drug-likeness (QED) is 0.701. The maximum Gasteiger partial charge on any atom is 0.437 e. The monoisotopic (exact) mass is 406 g/mol. The van der Waals surface area contributed by atoms with E-state index in [-0.39, 0.29) is 28.9 Å². The van der Waals surface area contributed by atoms with Gasteiger partial charge in [0.1, 0.15) is 11.9 Å². The maximum absolute atomic E-state index is 13.3. The number of likely N-dealkylation sites (tertiary alicyclic amines) is 1. The molecule has 9 nitrogen and oxygen atoms in total. The van der Waals surface area contributed by atoms with Crippen LogP contribution in [0.3, 0.4) is 0 Å². The van der Waals surface area contributed by atoms with E-state index in [2.05, 4.69) is 30.8 Å². The minimum absolute atomic E-state index is 0.0512. The first-order valence-electron chi connectivity index (χ1n) is 8.76. The van der Waals surface area contributed by atoms with E-state index in [9.17, 15) is 18.0 Å². The number of hydrogen-bond donors (Lipinski definition) is 2. The van der Waals surface area contributed by atoms with Gasteiger partial charge in [0.15, 0.2) is 17.2 Å². The zero-order chi connectivity index (χ0) is 20.9. The van der Waals surface area contributed by atoms with Gasteiger partial charge in [-0.25, -0.2) is 9.97 Å². The summed E-state index contributed by atoms with van der Waals surface area (Å²) in [6.07, 6.45) is 0.0246. The Morgan fingerprint density at radius 2 is 1.97 bits per heavy atom. The van der Waals surface area contributed by atoms with Crippen molar-refractivity contribution >= 4 is 23.7 Å². The lowest BCUT2D eigenvalue weighted by atomic mass is 9.97. The average Bonchev–Trinajstić information content (AvgIpc) is 2.72. The Morgan fingerprint density at radius 3 is 2.55 bits per heavy atom.